The van der Waals surface area contributed by atoms with Crippen LogP contribution in [0.5, 0.6) is 11.6 Å². The fourth-order valence-electron chi connectivity index (χ4n) is 2.87. The van der Waals surface area contributed by atoms with Crippen molar-refractivity contribution in [3.63, 3.8) is 0 Å². The molecule has 0 saturated heterocycles. The fourth-order valence-corrected chi connectivity index (χ4v) is 2.87. The van der Waals surface area contributed by atoms with E-state index in [0.29, 0.717) is 23.8 Å². The molecule has 0 aliphatic heterocycles. The molecule has 1 N–H and O–H groups in total. The van der Waals surface area contributed by atoms with Crippen LogP contribution in [0.2, 0.25) is 0 Å². The Labute approximate surface area is 159 Å². The zero-order chi connectivity index (χ0) is 19.1. The maximum absolute atomic E-state index is 11.0. The van der Waals surface area contributed by atoms with Gasteiger partial charge in [0.2, 0.25) is 5.88 Å². The zero-order valence-corrected chi connectivity index (χ0v) is 15.4. The highest BCUT2D eigenvalue weighted by Gasteiger charge is 2.27. The van der Waals surface area contributed by atoms with Gasteiger partial charge in [-0.1, -0.05) is 48.5 Å². The Morgan fingerprint density at radius 2 is 1.63 bits per heavy atom. The lowest BCUT2D eigenvalue weighted by molar-refractivity contribution is -0.0509. The van der Waals surface area contributed by atoms with E-state index in [2.05, 4.69) is 4.98 Å². The summed E-state index contributed by atoms with van der Waals surface area (Å²) in [6.45, 7) is 0.365. The molecule has 2 aromatic carbocycles. The Hall–Kier alpha value is -2.89. The average molecular weight is 365 g/mol. The zero-order valence-electron chi connectivity index (χ0n) is 15.4. The molecule has 0 aliphatic carbocycles. The second-order valence-corrected chi connectivity index (χ2v) is 6.04. The highest BCUT2D eigenvalue weighted by Crippen LogP contribution is 2.37. The summed E-state index contributed by atoms with van der Waals surface area (Å²) in [5.74, 6) is 1.15. The maximum Gasteiger partial charge on any atom is 0.212 e. The predicted octanol–water partition coefficient (Wildman–Crippen LogP) is 4.09. The van der Waals surface area contributed by atoms with Crippen molar-refractivity contribution in [1.29, 1.82) is 0 Å². The molecule has 27 heavy (non-hydrogen) atoms. The second kappa shape index (κ2) is 9.16. The summed E-state index contributed by atoms with van der Waals surface area (Å²) in [6.07, 6.45) is 0.0672. The van der Waals surface area contributed by atoms with Crippen molar-refractivity contribution in [2.45, 2.75) is 18.8 Å². The molecule has 0 bridgehead atoms. The lowest BCUT2D eigenvalue weighted by Gasteiger charge is -2.25. The van der Waals surface area contributed by atoms with Gasteiger partial charge in [-0.15, -0.1) is 0 Å². The van der Waals surface area contributed by atoms with Crippen LogP contribution < -0.4 is 9.47 Å². The number of rotatable bonds is 8. The topological polar surface area (TPSA) is 60.8 Å². The number of ether oxygens (including phenoxy) is 3. The molecule has 0 radical (unpaired) electrons. The Bertz CT molecular complexity index is 836. The number of para-hydroxylation sites is 1. The molecule has 2 unspecified atom stereocenters. The van der Waals surface area contributed by atoms with E-state index >= 15 is 0 Å². The van der Waals surface area contributed by atoms with Gasteiger partial charge in [-0.05, 0) is 17.7 Å². The number of hydrogen-bond donors (Lipinski definition) is 1. The van der Waals surface area contributed by atoms with E-state index < -0.39 is 12.2 Å². The molecule has 1 aromatic heterocycles. The number of aliphatic hydroxyl groups excluding tert-OH is 1. The number of hydrogen-bond acceptors (Lipinski definition) is 5. The van der Waals surface area contributed by atoms with Crippen LogP contribution >= 0.6 is 0 Å². The number of nitrogens with zero attached hydrogens (tertiary/aromatic N) is 1. The van der Waals surface area contributed by atoms with Gasteiger partial charge in [0.1, 0.15) is 18.0 Å². The van der Waals surface area contributed by atoms with Crippen LogP contribution in [0.25, 0.3) is 0 Å². The van der Waals surface area contributed by atoms with Crippen molar-refractivity contribution in [3.05, 3.63) is 89.6 Å². The Morgan fingerprint density at radius 1 is 0.889 bits per heavy atom. The van der Waals surface area contributed by atoms with Crippen molar-refractivity contribution < 1.29 is 19.3 Å². The number of methoxy groups -OCH3 is 2. The van der Waals surface area contributed by atoms with Crippen LogP contribution in [0.1, 0.15) is 28.9 Å². The molecule has 0 saturated carbocycles. The number of benzene rings is 2. The quantitative estimate of drug-likeness (QED) is 0.651. The minimum atomic E-state index is -0.914. The first-order valence-corrected chi connectivity index (χ1v) is 8.69. The molecule has 0 fully saturated rings. The van der Waals surface area contributed by atoms with Crippen molar-refractivity contribution in [2.75, 3.05) is 14.2 Å². The number of aliphatic hydroxyl groups is 1. The molecule has 5 nitrogen and oxygen atoms in total. The maximum atomic E-state index is 11.0. The molecule has 2 atom stereocenters. The summed E-state index contributed by atoms with van der Waals surface area (Å²) < 4.78 is 16.7. The van der Waals surface area contributed by atoms with Gasteiger partial charge in [0.15, 0.2) is 0 Å². The minimum Gasteiger partial charge on any atom is -0.496 e. The molecule has 1 heterocycles. The van der Waals surface area contributed by atoms with Crippen LogP contribution in [-0.2, 0) is 11.3 Å². The van der Waals surface area contributed by atoms with Crippen molar-refractivity contribution in [1.82, 2.24) is 4.98 Å². The molecular formula is C22H23NO4. The number of pyridine rings is 1. The second-order valence-electron chi connectivity index (χ2n) is 6.04. The van der Waals surface area contributed by atoms with Gasteiger partial charge in [0.05, 0.1) is 20.8 Å². The summed E-state index contributed by atoms with van der Waals surface area (Å²) in [4.78, 5) is 4.19. The highest BCUT2D eigenvalue weighted by molar-refractivity contribution is 5.37. The van der Waals surface area contributed by atoms with Gasteiger partial charge in [-0.2, -0.15) is 0 Å². The van der Waals surface area contributed by atoms with Gasteiger partial charge in [0.25, 0.3) is 0 Å². The van der Waals surface area contributed by atoms with Crippen molar-refractivity contribution >= 4 is 0 Å². The van der Waals surface area contributed by atoms with E-state index in [-0.39, 0.29) is 0 Å². The van der Waals surface area contributed by atoms with Gasteiger partial charge in [-0.3, -0.25) is 0 Å². The first-order chi connectivity index (χ1) is 13.2. The third-order valence-corrected chi connectivity index (χ3v) is 4.31. The van der Waals surface area contributed by atoms with Crippen LogP contribution in [0.15, 0.2) is 72.9 Å². The molecule has 0 spiro atoms. The Balaban J connectivity index is 1.90. The minimum absolute atomic E-state index is 0.365. The van der Waals surface area contributed by atoms with E-state index in [9.17, 15) is 5.11 Å². The van der Waals surface area contributed by atoms with Crippen LogP contribution in [-0.4, -0.2) is 24.3 Å². The standard InChI is InChI=1S/C22H23NO4/c1-25-19-11-7-6-10-18(19)22(27-15-16-8-4-3-5-9-16)21(24)17-12-13-20(26-2)23-14-17/h3-14,21-22,24H,15H2,1-2H3. The molecule has 5 heteroatoms. The van der Waals surface area contributed by atoms with Crippen LogP contribution in [0, 0.1) is 0 Å². The van der Waals surface area contributed by atoms with E-state index in [1.54, 1.807) is 32.5 Å². The Morgan fingerprint density at radius 3 is 2.30 bits per heavy atom. The van der Waals surface area contributed by atoms with Crippen molar-refractivity contribution in [3.8, 4) is 11.6 Å². The van der Waals surface area contributed by atoms with E-state index in [1.807, 2.05) is 54.6 Å². The van der Waals surface area contributed by atoms with E-state index in [4.69, 9.17) is 14.2 Å². The van der Waals surface area contributed by atoms with Gasteiger partial charge < -0.3 is 19.3 Å². The molecule has 0 aliphatic rings. The summed E-state index contributed by atoms with van der Waals surface area (Å²) in [7, 11) is 3.16. The summed E-state index contributed by atoms with van der Waals surface area (Å²) in [6, 6.07) is 20.9. The van der Waals surface area contributed by atoms with Crippen molar-refractivity contribution in [2.24, 2.45) is 0 Å². The normalized spacial score (nSPS) is 13.0. The molecule has 3 rings (SSSR count). The summed E-state index contributed by atoms with van der Waals surface area (Å²) in [5.41, 5.74) is 2.44. The first kappa shape index (κ1) is 18.9. The lowest BCUT2D eigenvalue weighted by Crippen LogP contribution is -2.16. The van der Waals surface area contributed by atoms with Gasteiger partial charge in [-0.25, -0.2) is 4.98 Å². The van der Waals surface area contributed by atoms with E-state index in [0.717, 1.165) is 11.1 Å². The molecular weight excluding hydrogens is 342 g/mol. The van der Waals surface area contributed by atoms with Crippen LogP contribution in [0.3, 0.4) is 0 Å². The van der Waals surface area contributed by atoms with Gasteiger partial charge >= 0.3 is 0 Å². The highest BCUT2D eigenvalue weighted by atomic mass is 16.5. The first-order valence-electron chi connectivity index (χ1n) is 8.69. The third-order valence-electron chi connectivity index (χ3n) is 4.31. The van der Waals surface area contributed by atoms with Crippen LogP contribution in [0.4, 0.5) is 0 Å². The monoisotopic (exact) mass is 365 g/mol. The average Bonchev–Trinajstić information content (AvgIpc) is 2.75. The van der Waals surface area contributed by atoms with Gasteiger partial charge in [0, 0.05) is 23.4 Å². The smallest absolute Gasteiger partial charge is 0.212 e. The third kappa shape index (κ3) is 4.64. The molecule has 3 aromatic rings. The largest absolute Gasteiger partial charge is 0.496 e. The Kier molecular flexibility index (Phi) is 6.41. The SMILES string of the molecule is COc1ccc(C(O)C(OCc2ccccc2)c2ccccc2OC)cn1. The molecule has 0 amide bonds. The summed E-state index contributed by atoms with van der Waals surface area (Å²) in [5, 5.41) is 11.0. The summed E-state index contributed by atoms with van der Waals surface area (Å²) >= 11 is 0. The lowest BCUT2D eigenvalue weighted by atomic mass is 9.98. The predicted molar refractivity (Wildman–Crippen MR) is 103 cm³/mol. The number of aromatic nitrogens is 1. The molecule has 140 valence electrons. The fraction of sp³-hybridized carbons (Fsp3) is 0.227. The van der Waals surface area contributed by atoms with E-state index in [1.165, 1.54) is 0 Å².